The molecule has 1 aromatic rings. The van der Waals surface area contributed by atoms with E-state index in [2.05, 4.69) is 4.90 Å². The zero-order chi connectivity index (χ0) is 29.9. The maximum atomic E-state index is 13.3. The molecule has 4 fully saturated rings. The fourth-order valence-electron chi connectivity index (χ4n) is 8.49. The third-order valence-electron chi connectivity index (χ3n) is 10.9. The number of piperidine rings is 1. The summed E-state index contributed by atoms with van der Waals surface area (Å²) in [7, 11) is 0. The number of Topliss-reactive ketones (excluding diaryl/α,β-unsaturated/α-hetero) is 1. The molecule has 4 atom stereocenters. The highest BCUT2D eigenvalue weighted by Gasteiger charge is 2.73. The van der Waals surface area contributed by atoms with E-state index in [0.717, 1.165) is 37.1 Å². The van der Waals surface area contributed by atoms with Crippen LogP contribution >= 0.6 is 0 Å². The van der Waals surface area contributed by atoms with Crippen molar-refractivity contribution in [2.24, 2.45) is 5.92 Å². The second kappa shape index (κ2) is 11.0. The third kappa shape index (κ3) is 4.84. The number of carbonyl (C=O) groups is 3. The molecule has 0 radical (unpaired) electrons. The van der Waals surface area contributed by atoms with E-state index in [9.17, 15) is 19.5 Å². The second-order valence-corrected chi connectivity index (χ2v) is 13.8. The number of hydrogen-bond acceptors (Lipinski definition) is 8. The van der Waals surface area contributed by atoms with Crippen molar-refractivity contribution in [3.05, 3.63) is 23.3 Å². The molecule has 10 heteroatoms. The summed E-state index contributed by atoms with van der Waals surface area (Å²) in [4.78, 5) is 45.2. The van der Waals surface area contributed by atoms with Crippen molar-refractivity contribution in [3.63, 3.8) is 0 Å². The Bertz CT molecular complexity index is 1290. The number of likely N-dealkylation sites (tertiary alicyclic amines) is 1. The molecule has 1 N–H and O–H groups in total. The molecular formula is C33H45N3O7. The molecule has 3 aliphatic carbocycles. The average molecular weight is 596 g/mol. The SMILES string of the molecule is CC(C)OCCCCC(=O)N1CCN(C(=O)Oc2ccc3c4c2O[C@H]2C(=O)CC[C@@]5(O)[C@@H](C3)N(CC3CC3)CC[C@]425)CC1. The highest BCUT2D eigenvalue weighted by molar-refractivity contribution is 5.90. The molecular weight excluding hydrogens is 550 g/mol. The van der Waals surface area contributed by atoms with Crippen LogP contribution in [-0.2, 0) is 26.2 Å². The molecule has 2 saturated heterocycles. The summed E-state index contributed by atoms with van der Waals surface area (Å²) in [5.74, 6) is 1.60. The van der Waals surface area contributed by atoms with E-state index in [1.54, 1.807) is 11.0 Å². The first-order valence-electron chi connectivity index (χ1n) is 16.4. The van der Waals surface area contributed by atoms with Gasteiger partial charge < -0.3 is 29.1 Å². The van der Waals surface area contributed by atoms with Gasteiger partial charge in [0.05, 0.1) is 17.1 Å². The first-order chi connectivity index (χ1) is 20.7. The number of ether oxygens (including phenoxy) is 3. The Labute approximate surface area is 253 Å². The van der Waals surface area contributed by atoms with Crippen LogP contribution in [0.5, 0.6) is 11.5 Å². The van der Waals surface area contributed by atoms with Crippen LogP contribution < -0.4 is 9.47 Å². The van der Waals surface area contributed by atoms with Gasteiger partial charge in [-0.2, -0.15) is 0 Å². The lowest BCUT2D eigenvalue weighted by Gasteiger charge is -2.62. The van der Waals surface area contributed by atoms with E-state index in [0.29, 0.717) is 82.3 Å². The molecule has 0 aromatic heterocycles. The maximum Gasteiger partial charge on any atom is 0.415 e. The molecule has 10 nitrogen and oxygen atoms in total. The summed E-state index contributed by atoms with van der Waals surface area (Å²) in [6.07, 6.45) is 5.68. The van der Waals surface area contributed by atoms with E-state index in [4.69, 9.17) is 14.2 Å². The van der Waals surface area contributed by atoms with Crippen LogP contribution in [0, 0.1) is 5.92 Å². The summed E-state index contributed by atoms with van der Waals surface area (Å²) in [6, 6.07) is 3.75. The van der Waals surface area contributed by atoms with Crippen molar-refractivity contribution in [2.75, 3.05) is 45.9 Å². The van der Waals surface area contributed by atoms with Gasteiger partial charge in [-0.1, -0.05) is 6.07 Å². The average Bonchev–Trinajstić information content (AvgIpc) is 3.73. The Hall–Kier alpha value is -2.69. The van der Waals surface area contributed by atoms with E-state index in [1.807, 2.05) is 24.8 Å². The highest BCUT2D eigenvalue weighted by atomic mass is 16.6. The lowest BCUT2D eigenvalue weighted by Crippen LogP contribution is -2.76. The van der Waals surface area contributed by atoms with Crippen molar-refractivity contribution in [3.8, 4) is 11.5 Å². The summed E-state index contributed by atoms with van der Waals surface area (Å²) in [6.45, 7) is 8.22. The molecule has 1 spiro atoms. The van der Waals surface area contributed by atoms with Gasteiger partial charge in [-0.25, -0.2) is 4.79 Å². The van der Waals surface area contributed by atoms with Gasteiger partial charge in [0, 0.05) is 63.8 Å². The lowest BCUT2D eigenvalue weighted by atomic mass is 9.49. The van der Waals surface area contributed by atoms with Crippen LogP contribution in [0.1, 0.15) is 76.3 Å². The van der Waals surface area contributed by atoms with Crippen molar-refractivity contribution in [1.82, 2.24) is 14.7 Å². The molecule has 3 aliphatic heterocycles. The first kappa shape index (κ1) is 29.0. The fraction of sp³-hybridized carbons (Fsp3) is 0.727. The van der Waals surface area contributed by atoms with Gasteiger partial charge in [0.1, 0.15) is 0 Å². The van der Waals surface area contributed by atoms with Crippen LogP contribution in [0.4, 0.5) is 4.79 Å². The number of unbranched alkanes of at least 4 members (excludes halogenated alkanes) is 1. The Morgan fingerprint density at radius 2 is 1.84 bits per heavy atom. The molecule has 0 unspecified atom stereocenters. The van der Waals surface area contributed by atoms with Gasteiger partial charge in [-0.15, -0.1) is 0 Å². The fourth-order valence-corrected chi connectivity index (χ4v) is 8.49. The second-order valence-electron chi connectivity index (χ2n) is 13.8. The van der Waals surface area contributed by atoms with E-state index in [-0.39, 0.29) is 23.8 Å². The quantitative estimate of drug-likeness (QED) is 0.434. The van der Waals surface area contributed by atoms with Crippen LogP contribution in [-0.4, -0.2) is 107 Å². The predicted octanol–water partition coefficient (Wildman–Crippen LogP) is 3.06. The molecule has 43 heavy (non-hydrogen) atoms. The first-order valence-corrected chi connectivity index (χ1v) is 16.4. The van der Waals surface area contributed by atoms with Gasteiger partial charge >= 0.3 is 6.09 Å². The van der Waals surface area contributed by atoms with Crippen LogP contribution in [0.2, 0.25) is 0 Å². The monoisotopic (exact) mass is 595 g/mol. The zero-order valence-corrected chi connectivity index (χ0v) is 25.5. The third-order valence-corrected chi connectivity index (χ3v) is 10.9. The van der Waals surface area contributed by atoms with Crippen molar-refractivity contribution >= 4 is 17.8 Å². The van der Waals surface area contributed by atoms with Gasteiger partial charge in [0.2, 0.25) is 5.91 Å². The molecule has 1 aromatic carbocycles. The van der Waals surface area contributed by atoms with Crippen molar-refractivity contribution in [2.45, 2.75) is 101 Å². The van der Waals surface area contributed by atoms with Crippen LogP contribution in [0.15, 0.2) is 12.1 Å². The van der Waals surface area contributed by atoms with Gasteiger partial charge in [0.15, 0.2) is 23.4 Å². The van der Waals surface area contributed by atoms with Gasteiger partial charge in [-0.3, -0.25) is 14.5 Å². The minimum absolute atomic E-state index is 0.0219. The number of hydrogen-bond donors (Lipinski definition) is 1. The topological polar surface area (TPSA) is 109 Å². The lowest BCUT2D eigenvalue weighted by molar-refractivity contribution is -0.188. The predicted molar refractivity (Wildman–Crippen MR) is 157 cm³/mol. The number of aliphatic hydroxyl groups is 1. The summed E-state index contributed by atoms with van der Waals surface area (Å²) in [5.41, 5.74) is 0.120. The number of carbonyl (C=O) groups excluding carboxylic acids is 3. The Morgan fingerprint density at radius 1 is 1.07 bits per heavy atom. The number of rotatable bonds is 9. The minimum Gasteiger partial charge on any atom is -0.477 e. The van der Waals surface area contributed by atoms with Crippen molar-refractivity contribution < 1.29 is 33.7 Å². The number of amides is 2. The van der Waals surface area contributed by atoms with Crippen LogP contribution in [0.3, 0.4) is 0 Å². The molecule has 2 saturated carbocycles. The number of ketones is 1. The minimum atomic E-state index is -1.05. The standard InChI is InChI=1S/C33H45N3O7/c1-21(2)41-18-4-3-5-27(38)34-14-16-35(17-15-34)31(39)42-25-9-8-23-19-26-33(40)11-10-24(37)30-32(33,28(23)29(25)43-30)12-13-36(26)20-22-6-7-22/h8-9,21-22,26,30,40H,3-7,10-20H2,1-2H3/t26-,30+,32+,33-/m1/s1. The van der Waals surface area contributed by atoms with Crippen molar-refractivity contribution in [1.29, 1.82) is 0 Å². The van der Waals surface area contributed by atoms with Gasteiger partial charge in [-0.05, 0) is 82.9 Å². The smallest absolute Gasteiger partial charge is 0.415 e. The normalized spacial score (nSPS) is 31.2. The number of nitrogens with zero attached hydrogens (tertiary/aromatic N) is 3. The molecule has 2 bridgehead atoms. The Balaban J connectivity index is 1.04. The summed E-state index contributed by atoms with van der Waals surface area (Å²) >= 11 is 0. The summed E-state index contributed by atoms with van der Waals surface area (Å²) in [5, 5.41) is 12.5. The molecule has 234 valence electrons. The zero-order valence-electron chi connectivity index (χ0n) is 25.5. The van der Waals surface area contributed by atoms with E-state index >= 15 is 0 Å². The molecule has 2 amide bonds. The maximum absolute atomic E-state index is 13.3. The molecule has 7 rings (SSSR count). The highest BCUT2D eigenvalue weighted by Crippen LogP contribution is 2.65. The van der Waals surface area contributed by atoms with E-state index in [1.165, 1.54) is 12.8 Å². The molecule has 6 aliphatic rings. The van der Waals surface area contributed by atoms with Gasteiger partial charge in [0.25, 0.3) is 0 Å². The Kier molecular flexibility index (Phi) is 7.45. The van der Waals surface area contributed by atoms with Crippen LogP contribution in [0.25, 0.3) is 0 Å². The number of benzene rings is 1. The Morgan fingerprint density at radius 3 is 2.58 bits per heavy atom. The molecule has 3 heterocycles. The summed E-state index contributed by atoms with van der Waals surface area (Å²) < 4.78 is 17.9. The number of piperazine rings is 1. The largest absolute Gasteiger partial charge is 0.477 e. The van der Waals surface area contributed by atoms with E-state index < -0.39 is 23.2 Å².